The van der Waals surface area contributed by atoms with E-state index in [1.54, 1.807) is 0 Å². The molecule has 0 N–H and O–H groups in total. The summed E-state index contributed by atoms with van der Waals surface area (Å²) in [6.45, 7) is 16.4. The second kappa shape index (κ2) is 11.6. The first kappa shape index (κ1) is 31.3. The molecule has 2 atom stereocenters. The number of rotatable bonds is 6. The van der Waals surface area contributed by atoms with Gasteiger partial charge in [0.05, 0.1) is 34.2 Å². The maximum Gasteiger partial charge on any atom is 0.119 e. The van der Waals surface area contributed by atoms with Crippen molar-refractivity contribution in [1.82, 2.24) is 19.9 Å². The minimum atomic E-state index is -2.50. The van der Waals surface area contributed by atoms with Gasteiger partial charge in [0.25, 0.3) is 0 Å². The van der Waals surface area contributed by atoms with E-state index < -0.39 is 8.07 Å². The van der Waals surface area contributed by atoms with Crippen molar-refractivity contribution in [3.05, 3.63) is 160 Å². The van der Waals surface area contributed by atoms with E-state index in [-0.39, 0.29) is 5.41 Å². The quantitative estimate of drug-likeness (QED) is 0.171. The molecular formula is C44H42N4Si. The first-order chi connectivity index (χ1) is 23.6. The minimum absolute atomic E-state index is 0.0821. The van der Waals surface area contributed by atoms with Crippen LogP contribution in [0.5, 0.6) is 0 Å². The third kappa shape index (κ3) is 5.02. The molecule has 8 rings (SSSR count). The fourth-order valence-electron chi connectivity index (χ4n) is 8.89. The molecule has 1 aromatic carbocycles. The van der Waals surface area contributed by atoms with Crippen molar-refractivity contribution in [3.63, 3.8) is 0 Å². The van der Waals surface area contributed by atoms with Gasteiger partial charge in [-0.2, -0.15) is 0 Å². The largest absolute Gasteiger partial charge is 0.255 e. The van der Waals surface area contributed by atoms with Gasteiger partial charge in [-0.1, -0.05) is 78.4 Å². The molecule has 4 aromatic heterocycles. The standard InChI is InChI=1S/C44H42N4Si/c1-27-22-29(3)39(30(4)23-27)40-41(44-26-32(44)25-28(2)24-31(44)5)43(38-19-13-17-36(48-38)34-15-9-11-21-46-34)49(6,7)42(40)37-18-12-16-35(47-37)33-14-8-10-20-45-33/h8-25,32H,26H2,1-7H3. The Morgan fingerprint density at radius 3 is 1.69 bits per heavy atom. The molecule has 3 aliphatic rings. The molecule has 5 aromatic rings. The Morgan fingerprint density at radius 1 is 0.633 bits per heavy atom. The topological polar surface area (TPSA) is 51.6 Å². The van der Waals surface area contributed by atoms with Crippen molar-refractivity contribution in [3.8, 4) is 22.8 Å². The molecule has 1 fully saturated rings. The lowest BCUT2D eigenvalue weighted by Crippen LogP contribution is -2.30. The third-order valence-electron chi connectivity index (χ3n) is 10.9. The zero-order valence-electron chi connectivity index (χ0n) is 29.5. The second-order valence-corrected chi connectivity index (χ2v) is 18.9. The molecular weight excluding hydrogens is 613 g/mol. The molecule has 1 saturated carbocycles. The van der Waals surface area contributed by atoms with Crippen molar-refractivity contribution in [2.75, 3.05) is 0 Å². The molecule has 5 heterocycles. The molecule has 0 radical (unpaired) electrons. The molecule has 2 aliphatic carbocycles. The van der Waals surface area contributed by atoms with Gasteiger partial charge >= 0.3 is 0 Å². The lowest BCUT2D eigenvalue weighted by molar-refractivity contribution is 0.693. The first-order valence-corrected chi connectivity index (χ1v) is 20.3. The van der Waals surface area contributed by atoms with Crippen LogP contribution in [0.3, 0.4) is 0 Å². The van der Waals surface area contributed by atoms with Crippen molar-refractivity contribution in [2.24, 2.45) is 11.3 Å². The average Bonchev–Trinajstić information content (AvgIpc) is 3.76. The molecule has 242 valence electrons. The van der Waals surface area contributed by atoms with E-state index in [1.807, 2.05) is 42.7 Å². The molecule has 0 spiro atoms. The van der Waals surface area contributed by atoms with Crippen LogP contribution in [0.25, 0.3) is 38.7 Å². The molecule has 0 amide bonds. The zero-order valence-corrected chi connectivity index (χ0v) is 30.5. The van der Waals surface area contributed by atoms with Crippen LogP contribution in [0.4, 0.5) is 0 Å². The fourth-order valence-corrected chi connectivity index (χ4v) is 12.5. The summed E-state index contributed by atoms with van der Waals surface area (Å²) in [6.07, 6.45) is 9.74. The zero-order chi connectivity index (χ0) is 34.1. The SMILES string of the molecule is CC1=CC2CC2(C2=C(c3cccc(-c4ccccn4)n3)[Si](C)(C)C(c3cccc(-c4ccccn4)n3)=C2c2c(C)cc(C)cc2C)C(C)=C1. The van der Waals surface area contributed by atoms with Gasteiger partial charge in [-0.25, -0.2) is 9.97 Å². The van der Waals surface area contributed by atoms with E-state index in [9.17, 15) is 0 Å². The highest BCUT2D eigenvalue weighted by Gasteiger charge is 2.62. The number of fused-ring (bicyclic) bond motifs is 1. The van der Waals surface area contributed by atoms with Crippen LogP contribution >= 0.6 is 0 Å². The van der Waals surface area contributed by atoms with E-state index >= 15 is 0 Å². The summed E-state index contributed by atoms with van der Waals surface area (Å²) in [7, 11) is -2.50. The molecule has 0 saturated heterocycles. The second-order valence-electron chi connectivity index (χ2n) is 14.7. The number of hydrogen-bond acceptors (Lipinski definition) is 4. The van der Waals surface area contributed by atoms with Gasteiger partial charge in [0, 0.05) is 17.8 Å². The minimum Gasteiger partial charge on any atom is -0.255 e. The Kier molecular flexibility index (Phi) is 7.38. The number of pyridine rings is 4. The van der Waals surface area contributed by atoms with E-state index in [4.69, 9.17) is 9.97 Å². The summed E-state index contributed by atoms with van der Waals surface area (Å²) in [5.74, 6) is 0.458. The number of aryl methyl sites for hydroxylation is 3. The lowest BCUT2D eigenvalue weighted by Gasteiger charge is -2.30. The van der Waals surface area contributed by atoms with E-state index in [0.717, 1.165) is 40.6 Å². The van der Waals surface area contributed by atoms with E-state index in [1.165, 1.54) is 54.9 Å². The number of hydrogen-bond donors (Lipinski definition) is 0. The Bertz CT molecular complexity index is 2250. The number of benzene rings is 1. The van der Waals surface area contributed by atoms with Gasteiger partial charge in [0.15, 0.2) is 0 Å². The van der Waals surface area contributed by atoms with Gasteiger partial charge in [-0.15, -0.1) is 0 Å². The van der Waals surface area contributed by atoms with Crippen molar-refractivity contribution >= 4 is 24.0 Å². The van der Waals surface area contributed by atoms with Crippen LogP contribution < -0.4 is 0 Å². The highest BCUT2D eigenvalue weighted by molar-refractivity contribution is 7.11. The maximum atomic E-state index is 5.46. The van der Waals surface area contributed by atoms with Crippen LogP contribution in [0, 0.1) is 32.1 Å². The molecule has 49 heavy (non-hydrogen) atoms. The van der Waals surface area contributed by atoms with Crippen LogP contribution in [0.1, 0.15) is 53.9 Å². The molecule has 1 aliphatic heterocycles. The maximum absolute atomic E-state index is 5.46. The number of aromatic nitrogens is 4. The van der Waals surface area contributed by atoms with Gasteiger partial charge in [0.1, 0.15) is 8.07 Å². The van der Waals surface area contributed by atoms with Crippen LogP contribution in [0.15, 0.2) is 126 Å². The van der Waals surface area contributed by atoms with Crippen molar-refractivity contribution in [2.45, 2.75) is 54.1 Å². The third-order valence-corrected chi connectivity index (χ3v) is 14.4. The average molecular weight is 655 g/mol. The predicted molar refractivity (Wildman–Crippen MR) is 205 cm³/mol. The summed E-state index contributed by atoms with van der Waals surface area (Å²) < 4.78 is 0. The number of allylic oxidation sites excluding steroid dienone is 6. The monoisotopic (exact) mass is 654 g/mol. The molecule has 4 nitrogen and oxygen atoms in total. The van der Waals surface area contributed by atoms with E-state index in [2.05, 4.69) is 124 Å². The summed E-state index contributed by atoms with van der Waals surface area (Å²) >= 11 is 0. The molecule has 0 bridgehead atoms. The fraction of sp³-hybridized carbons (Fsp3) is 0.227. The Morgan fingerprint density at radius 2 is 1.16 bits per heavy atom. The molecule has 2 unspecified atom stereocenters. The Hall–Kier alpha value is -5.00. The van der Waals surface area contributed by atoms with Gasteiger partial charge < -0.3 is 0 Å². The van der Waals surface area contributed by atoms with E-state index in [0.29, 0.717) is 5.92 Å². The smallest absolute Gasteiger partial charge is 0.119 e. The predicted octanol–water partition coefficient (Wildman–Crippen LogP) is 10.6. The molecule has 5 heteroatoms. The van der Waals surface area contributed by atoms with Gasteiger partial charge in [0.2, 0.25) is 0 Å². The van der Waals surface area contributed by atoms with Gasteiger partial charge in [-0.3, -0.25) is 9.97 Å². The summed E-state index contributed by atoms with van der Waals surface area (Å²) in [6, 6.07) is 29.8. The summed E-state index contributed by atoms with van der Waals surface area (Å²) in [4.78, 5) is 20.3. The summed E-state index contributed by atoms with van der Waals surface area (Å²) in [5, 5.41) is 2.80. The highest BCUT2D eigenvalue weighted by Crippen LogP contribution is 2.72. The van der Waals surface area contributed by atoms with Crippen molar-refractivity contribution < 1.29 is 0 Å². The van der Waals surface area contributed by atoms with Crippen LogP contribution in [-0.4, -0.2) is 28.0 Å². The van der Waals surface area contributed by atoms with Crippen LogP contribution in [0.2, 0.25) is 13.1 Å². The lowest BCUT2D eigenvalue weighted by atomic mass is 9.75. The van der Waals surface area contributed by atoms with Crippen molar-refractivity contribution in [1.29, 1.82) is 0 Å². The highest BCUT2D eigenvalue weighted by atomic mass is 28.3. The summed E-state index contributed by atoms with van der Waals surface area (Å²) in [5.41, 5.74) is 16.5. The Balaban J connectivity index is 1.48. The van der Waals surface area contributed by atoms with Crippen LogP contribution in [-0.2, 0) is 0 Å². The first-order valence-electron chi connectivity index (χ1n) is 17.3. The number of nitrogens with zero attached hydrogens (tertiary/aromatic N) is 4. The van der Waals surface area contributed by atoms with Gasteiger partial charge in [-0.05, 0) is 134 Å². The Labute approximate surface area is 291 Å². The normalized spacial score (nSPS) is 21.0.